The molecular weight excluding hydrogens is 396 g/mol. The summed E-state index contributed by atoms with van der Waals surface area (Å²) in [6, 6.07) is 6.65. The van der Waals surface area contributed by atoms with Gasteiger partial charge in [0.25, 0.3) is 11.8 Å². The SMILES string of the molecule is Cn1cc(C(=O)NC2CCN(C(=O)Nc3ccc(C(=O)NC(C)(C)C)cc3)CC2)cn1. The minimum absolute atomic E-state index is 0.0253. The molecule has 2 aromatic rings. The number of piperidine rings is 1. The van der Waals surface area contributed by atoms with Gasteiger partial charge in [-0.1, -0.05) is 0 Å². The number of likely N-dealkylation sites (tertiary alicyclic amines) is 1. The van der Waals surface area contributed by atoms with Crippen LogP contribution in [0.2, 0.25) is 0 Å². The van der Waals surface area contributed by atoms with E-state index in [-0.39, 0.29) is 29.4 Å². The molecule has 0 aliphatic carbocycles. The van der Waals surface area contributed by atoms with Crippen LogP contribution in [-0.2, 0) is 7.05 Å². The Balaban J connectivity index is 1.46. The summed E-state index contributed by atoms with van der Waals surface area (Å²) in [5.41, 5.74) is 1.39. The highest BCUT2D eigenvalue weighted by molar-refractivity contribution is 5.96. The molecule has 0 unspecified atom stereocenters. The van der Waals surface area contributed by atoms with Crippen LogP contribution in [0.5, 0.6) is 0 Å². The molecule has 1 saturated heterocycles. The van der Waals surface area contributed by atoms with Crippen LogP contribution in [0.3, 0.4) is 0 Å². The maximum Gasteiger partial charge on any atom is 0.321 e. The van der Waals surface area contributed by atoms with Crippen molar-refractivity contribution in [2.45, 2.75) is 45.2 Å². The van der Waals surface area contributed by atoms with Gasteiger partial charge in [-0.3, -0.25) is 14.3 Å². The van der Waals surface area contributed by atoms with Gasteiger partial charge in [-0.25, -0.2) is 4.79 Å². The van der Waals surface area contributed by atoms with E-state index in [1.807, 2.05) is 20.8 Å². The first-order chi connectivity index (χ1) is 14.6. The Kier molecular flexibility index (Phi) is 6.62. The number of carbonyl (C=O) groups excluding carboxylic acids is 3. The topological polar surface area (TPSA) is 108 Å². The number of urea groups is 1. The summed E-state index contributed by atoms with van der Waals surface area (Å²) < 4.78 is 1.59. The van der Waals surface area contributed by atoms with Crippen LogP contribution in [0.15, 0.2) is 36.7 Å². The predicted molar refractivity (Wildman–Crippen MR) is 118 cm³/mol. The molecular formula is C22H30N6O3. The van der Waals surface area contributed by atoms with Crippen molar-refractivity contribution in [1.82, 2.24) is 25.3 Å². The largest absolute Gasteiger partial charge is 0.349 e. The maximum absolute atomic E-state index is 12.6. The van der Waals surface area contributed by atoms with Crippen molar-refractivity contribution in [3.8, 4) is 0 Å². The molecule has 2 heterocycles. The normalized spacial score (nSPS) is 14.8. The molecule has 0 saturated carbocycles. The lowest BCUT2D eigenvalue weighted by atomic mass is 10.0. The van der Waals surface area contributed by atoms with Crippen molar-refractivity contribution >= 4 is 23.5 Å². The van der Waals surface area contributed by atoms with Gasteiger partial charge in [0.1, 0.15) is 0 Å². The Morgan fingerprint density at radius 2 is 1.65 bits per heavy atom. The number of hydrogen-bond acceptors (Lipinski definition) is 4. The molecule has 9 nitrogen and oxygen atoms in total. The zero-order chi connectivity index (χ0) is 22.6. The fourth-order valence-corrected chi connectivity index (χ4v) is 3.35. The quantitative estimate of drug-likeness (QED) is 0.697. The fraction of sp³-hybridized carbons (Fsp3) is 0.455. The third-order valence-electron chi connectivity index (χ3n) is 4.97. The van der Waals surface area contributed by atoms with Gasteiger partial charge >= 0.3 is 6.03 Å². The molecule has 1 aromatic carbocycles. The lowest BCUT2D eigenvalue weighted by molar-refractivity contribution is 0.0910. The van der Waals surface area contributed by atoms with E-state index >= 15 is 0 Å². The third-order valence-corrected chi connectivity index (χ3v) is 4.97. The first kappa shape index (κ1) is 22.3. The number of aryl methyl sites for hydroxylation is 1. The second-order valence-corrected chi connectivity index (χ2v) is 8.85. The van der Waals surface area contributed by atoms with Gasteiger partial charge in [0.15, 0.2) is 0 Å². The molecule has 1 aromatic heterocycles. The van der Waals surface area contributed by atoms with Crippen molar-refractivity contribution in [3.05, 3.63) is 47.8 Å². The molecule has 0 atom stereocenters. The second kappa shape index (κ2) is 9.20. The highest BCUT2D eigenvalue weighted by Gasteiger charge is 2.24. The Morgan fingerprint density at radius 3 is 2.19 bits per heavy atom. The third kappa shape index (κ3) is 6.31. The van der Waals surface area contributed by atoms with Crippen molar-refractivity contribution in [2.24, 2.45) is 7.05 Å². The van der Waals surface area contributed by atoms with E-state index in [4.69, 9.17) is 0 Å². The standard InChI is InChI=1S/C22H30N6O3/c1-22(2,3)26-20(30)15-5-7-17(8-6-15)25-21(31)28-11-9-18(10-12-28)24-19(29)16-13-23-27(4)14-16/h5-8,13-14,18H,9-12H2,1-4H3,(H,24,29)(H,25,31)(H,26,30). The Hall–Kier alpha value is -3.36. The van der Waals surface area contributed by atoms with E-state index in [1.54, 1.807) is 47.1 Å². The van der Waals surface area contributed by atoms with Gasteiger partial charge in [0.2, 0.25) is 0 Å². The van der Waals surface area contributed by atoms with Gasteiger partial charge in [-0.05, 0) is 57.9 Å². The van der Waals surface area contributed by atoms with E-state index in [9.17, 15) is 14.4 Å². The number of anilines is 1. The summed E-state index contributed by atoms with van der Waals surface area (Å²) in [7, 11) is 1.77. The molecule has 166 valence electrons. The summed E-state index contributed by atoms with van der Waals surface area (Å²) in [5.74, 6) is -0.299. The average Bonchev–Trinajstić information content (AvgIpc) is 3.14. The molecule has 1 aliphatic rings. The first-order valence-electron chi connectivity index (χ1n) is 10.4. The van der Waals surface area contributed by atoms with E-state index in [2.05, 4.69) is 21.0 Å². The lowest BCUT2D eigenvalue weighted by Crippen LogP contribution is -2.47. The monoisotopic (exact) mass is 426 g/mol. The first-order valence-corrected chi connectivity index (χ1v) is 10.4. The molecule has 0 spiro atoms. The van der Waals surface area contributed by atoms with Crippen molar-refractivity contribution in [2.75, 3.05) is 18.4 Å². The Morgan fingerprint density at radius 1 is 1.00 bits per heavy atom. The van der Waals surface area contributed by atoms with E-state index in [0.717, 1.165) is 0 Å². The molecule has 31 heavy (non-hydrogen) atoms. The van der Waals surface area contributed by atoms with Crippen molar-refractivity contribution < 1.29 is 14.4 Å². The average molecular weight is 427 g/mol. The predicted octanol–water partition coefficient (Wildman–Crippen LogP) is 2.37. The molecule has 3 rings (SSSR count). The second-order valence-electron chi connectivity index (χ2n) is 8.85. The van der Waals surface area contributed by atoms with Crippen LogP contribution < -0.4 is 16.0 Å². The van der Waals surface area contributed by atoms with Gasteiger partial charge in [0.05, 0.1) is 11.8 Å². The number of benzene rings is 1. The maximum atomic E-state index is 12.6. The molecule has 3 N–H and O–H groups in total. The van der Waals surface area contributed by atoms with Crippen LogP contribution in [0, 0.1) is 0 Å². The number of nitrogens with zero attached hydrogens (tertiary/aromatic N) is 3. The van der Waals surface area contributed by atoms with Gasteiger partial charge in [-0.2, -0.15) is 5.10 Å². The van der Waals surface area contributed by atoms with E-state index < -0.39 is 0 Å². The van der Waals surface area contributed by atoms with Gasteiger partial charge in [0, 0.05) is 49.2 Å². The van der Waals surface area contributed by atoms with E-state index in [1.165, 1.54) is 6.20 Å². The number of rotatable bonds is 4. The summed E-state index contributed by atoms with van der Waals surface area (Å²) in [6.45, 7) is 6.87. The van der Waals surface area contributed by atoms with E-state index in [0.29, 0.717) is 42.7 Å². The minimum atomic E-state index is -0.312. The summed E-state index contributed by atoms with van der Waals surface area (Å²) >= 11 is 0. The summed E-state index contributed by atoms with van der Waals surface area (Å²) in [4.78, 5) is 38.7. The molecule has 0 bridgehead atoms. The highest BCUT2D eigenvalue weighted by Crippen LogP contribution is 2.15. The number of carbonyl (C=O) groups is 3. The van der Waals surface area contributed by atoms with Gasteiger partial charge < -0.3 is 20.9 Å². The Labute approximate surface area is 182 Å². The van der Waals surface area contributed by atoms with Crippen LogP contribution in [0.1, 0.15) is 54.3 Å². The Bertz CT molecular complexity index is 937. The van der Waals surface area contributed by atoms with Crippen LogP contribution in [0.4, 0.5) is 10.5 Å². The van der Waals surface area contributed by atoms with Gasteiger partial charge in [-0.15, -0.1) is 0 Å². The highest BCUT2D eigenvalue weighted by atomic mass is 16.2. The summed E-state index contributed by atoms with van der Waals surface area (Å²) in [6.07, 6.45) is 4.59. The van der Waals surface area contributed by atoms with Crippen LogP contribution >= 0.6 is 0 Å². The number of aromatic nitrogens is 2. The molecule has 4 amide bonds. The molecule has 1 fully saturated rings. The number of amides is 4. The summed E-state index contributed by atoms with van der Waals surface area (Å²) in [5, 5.41) is 12.8. The zero-order valence-electron chi connectivity index (χ0n) is 18.4. The van der Waals surface area contributed by atoms with Crippen LogP contribution in [-0.4, -0.2) is 57.2 Å². The zero-order valence-corrected chi connectivity index (χ0v) is 18.4. The van der Waals surface area contributed by atoms with Crippen molar-refractivity contribution in [3.63, 3.8) is 0 Å². The molecule has 0 radical (unpaired) electrons. The molecule has 9 heteroatoms. The number of nitrogens with one attached hydrogen (secondary N) is 3. The van der Waals surface area contributed by atoms with Crippen LogP contribution in [0.25, 0.3) is 0 Å². The van der Waals surface area contributed by atoms with Crippen molar-refractivity contribution in [1.29, 1.82) is 0 Å². The molecule has 1 aliphatic heterocycles. The number of hydrogen-bond donors (Lipinski definition) is 3. The fourth-order valence-electron chi connectivity index (χ4n) is 3.35. The minimum Gasteiger partial charge on any atom is -0.349 e. The lowest BCUT2D eigenvalue weighted by Gasteiger charge is -2.32. The smallest absolute Gasteiger partial charge is 0.321 e.